The number of hydrogen-bond donors (Lipinski definition) is 3. The first kappa shape index (κ1) is 55.5. The third-order valence-electron chi connectivity index (χ3n) is 9.28. The number of nitrogens with zero attached hydrogens (tertiary/aromatic N) is 1. The Labute approximate surface area is 350 Å². The van der Waals surface area contributed by atoms with E-state index in [-0.39, 0.29) is 26.1 Å². The summed E-state index contributed by atoms with van der Waals surface area (Å²) in [7, 11) is 1.35. The molecule has 0 aliphatic carbocycles. The molecule has 2 unspecified atom stereocenters. The van der Waals surface area contributed by atoms with Gasteiger partial charge in [-0.2, -0.15) is 0 Å². The summed E-state index contributed by atoms with van der Waals surface area (Å²) in [6.45, 7) is 4.06. The van der Waals surface area contributed by atoms with Crippen molar-refractivity contribution in [2.75, 3.05) is 47.5 Å². The van der Waals surface area contributed by atoms with E-state index in [1.807, 2.05) is 45.4 Å². The molecule has 14 heteroatoms. The first-order valence-electron chi connectivity index (χ1n) is 21.9. The van der Waals surface area contributed by atoms with E-state index in [9.17, 15) is 24.3 Å². The van der Waals surface area contributed by atoms with Crippen molar-refractivity contribution in [1.29, 1.82) is 0 Å². The lowest BCUT2D eigenvalue weighted by Crippen LogP contribution is -2.37. The van der Waals surface area contributed by atoms with Gasteiger partial charge < -0.3 is 28.6 Å². The van der Waals surface area contributed by atoms with E-state index in [4.69, 9.17) is 23.8 Å². The first-order valence-corrected chi connectivity index (χ1v) is 23.4. The molecule has 0 heterocycles. The van der Waals surface area contributed by atoms with Gasteiger partial charge in [-0.1, -0.05) is 128 Å². The highest BCUT2D eigenvalue weighted by atomic mass is 31.2. The van der Waals surface area contributed by atoms with Crippen LogP contribution >= 0.6 is 7.82 Å². The topological polar surface area (TPSA) is 167 Å². The molecule has 13 nitrogen and oxygen atoms in total. The fraction of sp³-hybridized carbons (Fsp3) is 0.773. The van der Waals surface area contributed by atoms with Gasteiger partial charge in [-0.3, -0.25) is 18.6 Å². The van der Waals surface area contributed by atoms with Gasteiger partial charge in [-0.05, 0) is 50.7 Å². The third-order valence-corrected chi connectivity index (χ3v) is 10.3. The van der Waals surface area contributed by atoms with Crippen LogP contribution in [0.4, 0.5) is 0 Å². The summed E-state index contributed by atoms with van der Waals surface area (Å²) in [6.07, 6.45) is 32.4. The predicted octanol–water partition coefficient (Wildman–Crippen LogP) is 11.5. The molecule has 0 saturated carbocycles. The molecular formula is C44H81NO12P+. The van der Waals surface area contributed by atoms with Crippen molar-refractivity contribution in [3.8, 4) is 0 Å². The Balaban J connectivity index is 4.68. The molecule has 0 rings (SSSR count). The van der Waals surface area contributed by atoms with Gasteiger partial charge in [-0.15, -0.1) is 0 Å². The predicted molar refractivity (Wildman–Crippen MR) is 229 cm³/mol. The molecule has 0 saturated heterocycles. The second-order valence-corrected chi connectivity index (χ2v) is 17.3. The zero-order valence-corrected chi connectivity index (χ0v) is 37.6. The first-order chi connectivity index (χ1) is 27.9. The second-order valence-electron chi connectivity index (χ2n) is 15.9. The Kier molecular flexibility index (Phi) is 35.9. The zero-order chi connectivity index (χ0) is 43.2. The largest absolute Gasteiger partial charge is 0.472 e. The van der Waals surface area contributed by atoms with E-state index in [1.54, 1.807) is 12.2 Å². The van der Waals surface area contributed by atoms with E-state index < -0.39 is 32.5 Å². The number of carbonyl (C=O) groups excluding carboxylic acids is 2. The number of carbonyl (C=O) groups is 2. The van der Waals surface area contributed by atoms with E-state index in [1.165, 1.54) is 57.8 Å². The van der Waals surface area contributed by atoms with Crippen LogP contribution in [0.25, 0.3) is 0 Å². The Morgan fingerprint density at radius 2 is 1.16 bits per heavy atom. The summed E-state index contributed by atoms with van der Waals surface area (Å²) in [5.74, 6) is -0.0812. The average Bonchev–Trinajstić information content (AvgIpc) is 3.18. The van der Waals surface area contributed by atoms with E-state index >= 15 is 0 Å². The van der Waals surface area contributed by atoms with E-state index in [0.29, 0.717) is 67.5 Å². The number of quaternary nitrogens is 1. The average molecular weight is 847 g/mol. The maximum atomic E-state index is 12.7. The molecule has 0 fully saturated rings. The molecule has 0 aromatic rings. The standard InChI is InChI=1S/C44H80NO12P/c1-6-8-10-11-12-13-14-15-16-17-20-23-27-34-43(46)52-38-42(39-54-58(50,51)53-37-36-45(3,4)5)55-44(47)35-28-24-21-18-19-22-26-31-41(57-49)33-29-32-40(56-48)30-25-9-7-2/h18,21-22,26,32-33,42H,6-17,19-20,23-25,27-31,34-39H2,1-5H3,(H2-,48,49,50,51)/p+1/b21-18-,26-22-,40-32+,41-33+. The van der Waals surface area contributed by atoms with Crippen LogP contribution in [-0.2, 0) is 42.5 Å². The van der Waals surface area contributed by atoms with Crippen molar-refractivity contribution in [1.82, 2.24) is 0 Å². The van der Waals surface area contributed by atoms with Crippen LogP contribution < -0.4 is 0 Å². The molecule has 2 atom stereocenters. The fourth-order valence-electron chi connectivity index (χ4n) is 5.72. The molecule has 0 spiro atoms. The van der Waals surface area contributed by atoms with Crippen LogP contribution in [0, 0.1) is 0 Å². The summed E-state index contributed by atoms with van der Waals surface area (Å²) < 4.78 is 34.1. The van der Waals surface area contributed by atoms with Gasteiger partial charge >= 0.3 is 19.8 Å². The van der Waals surface area contributed by atoms with Crippen molar-refractivity contribution in [3.05, 3.63) is 48.0 Å². The molecule has 0 aliphatic rings. The van der Waals surface area contributed by atoms with Gasteiger partial charge in [0.1, 0.15) is 31.3 Å². The van der Waals surface area contributed by atoms with Crippen molar-refractivity contribution < 1.29 is 62.3 Å². The number of unbranched alkanes of at least 4 members (excludes halogenated alkanes) is 15. The maximum absolute atomic E-state index is 12.7. The van der Waals surface area contributed by atoms with Gasteiger partial charge in [-0.25, -0.2) is 15.1 Å². The minimum absolute atomic E-state index is 0.00551. The lowest BCUT2D eigenvalue weighted by molar-refractivity contribution is -0.870. The molecule has 0 amide bonds. The van der Waals surface area contributed by atoms with Crippen LogP contribution in [0.5, 0.6) is 0 Å². The molecule has 0 bridgehead atoms. The van der Waals surface area contributed by atoms with Crippen molar-refractivity contribution in [3.63, 3.8) is 0 Å². The molecule has 0 aromatic heterocycles. The van der Waals surface area contributed by atoms with Gasteiger partial charge in [0, 0.05) is 25.7 Å². The number of allylic oxidation sites excluding steroid dienone is 7. The van der Waals surface area contributed by atoms with Crippen molar-refractivity contribution in [2.45, 2.75) is 174 Å². The van der Waals surface area contributed by atoms with Crippen molar-refractivity contribution >= 4 is 19.8 Å². The Morgan fingerprint density at radius 1 is 0.621 bits per heavy atom. The summed E-state index contributed by atoms with van der Waals surface area (Å²) in [5.41, 5.74) is 0. The molecular weight excluding hydrogens is 765 g/mol. The van der Waals surface area contributed by atoms with E-state index in [0.717, 1.165) is 38.5 Å². The van der Waals surface area contributed by atoms with Crippen LogP contribution in [0.3, 0.4) is 0 Å². The quantitative estimate of drug-likeness (QED) is 0.00781. The monoisotopic (exact) mass is 847 g/mol. The number of ether oxygens (including phenoxy) is 2. The summed E-state index contributed by atoms with van der Waals surface area (Å²) in [5, 5.41) is 18.2. The molecule has 0 aromatic carbocycles. The number of rotatable bonds is 40. The number of hydrogen-bond acceptors (Lipinski definition) is 11. The lowest BCUT2D eigenvalue weighted by atomic mass is 10.0. The van der Waals surface area contributed by atoms with Gasteiger partial charge in [0.25, 0.3) is 0 Å². The minimum Gasteiger partial charge on any atom is -0.462 e. The number of likely N-dealkylation sites (N-methyl/N-ethyl adjacent to an activating group) is 1. The maximum Gasteiger partial charge on any atom is 0.472 e. The highest BCUT2D eigenvalue weighted by molar-refractivity contribution is 7.47. The van der Waals surface area contributed by atoms with Crippen molar-refractivity contribution in [2.24, 2.45) is 0 Å². The number of phosphoric acid groups is 1. The second kappa shape index (κ2) is 37.5. The van der Waals surface area contributed by atoms with E-state index in [2.05, 4.69) is 23.6 Å². The zero-order valence-electron chi connectivity index (χ0n) is 36.8. The summed E-state index contributed by atoms with van der Waals surface area (Å²) >= 11 is 0. The molecule has 0 radical (unpaired) electrons. The highest BCUT2D eigenvalue weighted by Gasteiger charge is 2.27. The lowest BCUT2D eigenvalue weighted by Gasteiger charge is -2.24. The molecule has 0 aliphatic heterocycles. The number of esters is 2. The number of phosphoric ester groups is 1. The Bertz CT molecular complexity index is 1200. The molecule has 58 heavy (non-hydrogen) atoms. The molecule has 3 N–H and O–H groups in total. The fourth-order valence-corrected chi connectivity index (χ4v) is 6.46. The third kappa shape index (κ3) is 37.7. The van der Waals surface area contributed by atoms with Crippen LogP contribution in [0.1, 0.15) is 168 Å². The van der Waals surface area contributed by atoms with Gasteiger partial charge in [0.05, 0.1) is 27.7 Å². The smallest absolute Gasteiger partial charge is 0.462 e. The minimum atomic E-state index is -4.43. The highest BCUT2D eigenvalue weighted by Crippen LogP contribution is 2.43. The SMILES string of the molecule is CCCCCCCCCCCCCCCC(=O)OCC(COP(=O)(O)OCC[N+](C)(C)C)OC(=O)CCC/C=C\C/C=C\C/C(=C\C/C=C(\CCCCC)OO)OO. The van der Waals surface area contributed by atoms with Crippen LogP contribution in [-0.4, -0.2) is 85.4 Å². The van der Waals surface area contributed by atoms with Crippen LogP contribution in [0.15, 0.2) is 48.0 Å². The normalized spacial score (nSPS) is 14.2. The van der Waals surface area contributed by atoms with Gasteiger partial charge in [0.2, 0.25) is 0 Å². The summed E-state index contributed by atoms with van der Waals surface area (Å²) in [6, 6.07) is 0. The van der Waals surface area contributed by atoms with Crippen LogP contribution in [0.2, 0.25) is 0 Å². The van der Waals surface area contributed by atoms with Gasteiger partial charge in [0.15, 0.2) is 6.10 Å². The Morgan fingerprint density at radius 3 is 1.76 bits per heavy atom. The summed E-state index contributed by atoms with van der Waals surface area (Å²) in [4.78, 5) is 44.2. The Hall–Kier alpha value is -2.51. The molecule has 338 valence electrons.